The lowest BCUT2D eigenvalue weighted by Gasteiger charge is -2.34. The van der Waals surface area contributed by atoms with Crippen LogP contribution in [0, 0.1) is 12.7 Å². The number of furan rings is 1. The number of carbonyl (C=O) groups excluding carboxylic acids is 1. The Morgan fingerprint density at radius 3 is 2.93 bits per heavy atom. The zero-order valence-corrected chi connectivity index (χ0v) is 16.1. The molecule has 0 saturated carbocycles. The van der Waals surface area contributed by atoms with Crippen molar-refractivity contribution in [2.75, 3.05) is 13.1 Å². The molecule has 0 N–H and O–H groups in total. The van der Waals surface area contributed by atoms with Gasteiger partial charge < -0.3 is 9.32 Å². The molecule has 3 heterocycles. The molecule has 0 aliphatic carbocycles. The van der Waals surface area contributed by atoms with Crippen LogP contribution in [0.3, 0.4) is 0 Å². The van der Waals surface area contributed by atoms with Crippen LogP contribution in [0.15, 0.2) is 28.7 Å². The Balaban J connectivity index is 1.56. The van der Waals surface area contributed by atoms with E-state index in [-0.39, 0.29) is 17.8 Å². The Labute approximate surface area is 159 Å². The molecule has 27 heavy (non-hydrogen) atoms. The van der Waals surface area contributed by atoms with Gasteiger partial charge in [-0.3, -0.25) is 9.69 Å². The van der Waals surface area contributed by atoms with Crippen molar-refractivity contribution in [1.29, 1.82) is 0 Å². The Kier molecular flexibility index (Phi) is 5.04. The lowest BCUT2D eigenvalue weighted by atomic mass is 9.98. The van der Waals surface area contributed by atoms with Crippen LogP contribution >= 0.6 is 0 Å². The van der Waals surface area contributed by atoms with Gasteiger partial charge in [-0.25, -0.2) is 4.39 Å². The first kappa shape index (κ1) is 18.2. The van der Waals surface area contributed by atoms with E-state index in [0.29, 0.717) is 13.1 Å². The van der Waals surface area contributed by atoms with Gasteiger partial charge in [0.05, 0.1) is 5.56 Å². The largest absolute Gasteiger partial charge is 0.465 e. The SMILES string of the molecule is Cc1oc2c(c1C(=O)N1CCCC[C@@H]1C)CN(Cc1cccc(F)c1)CC2. The summed E-state index contributed by atoms with van der Waals surface area (Å²) in [4.78, 5) is 17.5. The van der Waals surface area contributed by atoms with E-state index in [4.69, 9.17) is 4.42 Å². The number of amides is 1. The van der Waals surface area contributed by atoms with Crippen LogP contribution in [-0.2, 0) is 19.5 Å². The summed E-state index contributed by atoms with van der Waals surface area (Å²) in [5, 5.41) is 0. The van der Waals surface area contributed by atoms with Gasteiger partial charge in [-0.05, 0) is 50.8 Å². The second kappa shape index (κ2) is 7.47. The molecule has 4 nitrogen and oxygen atoms in total. The Morgan fingerprint density at radius 1 is 1.30 bits per heavy atom. The third-order valence-electron chi connectivity index (χ3n) is 5.88. The van der Waals surface area contributed by atoms with Crippen molar-refractivity contribution < 1.29 is 13.6 Å². The summed E-state index contributed by atoms with van der Waals surface area (Å²) < 4.78 is 19.5. The number of fused-ring (bicyclic) bond motifs is 1. The molecule has 1 aromatic heterocycles. The van der Waals surface area contributed by atoms with Gasteiger partial charge in [0.25, 0.3) is 5.91 Å². The number of nitrogens with zero attached hydrogens (tertiary/aromatic N) is 2. The topological polar surface area (TPSA) is 36.7 Å². The van der Waals surface area contributed by atoms with Gasteiger partial charge in [0.1, 0.15) is 17.3 Å². The molecule has 2 aliphatic rings. The van der Waals surface area contributed by atoms with E-state index in [1.165, 1.54) is 12.5 Å². The summed E-state index contributed by atoms with van der Waals surface area (Å²) in [6.07, 6.45) is 4.11. The van der Waals surface area contributed by atoms with Crippen LogP contribution in [0.25, 0.3) is 0 Å². The van der Waals surface area contributed by atoms with Crippen LogP contribution in [-0.4, -0.2) is 34.8 Å². The number of rotatable bonds is 3. The van der Waals surface area contributed by atoms with E-state index in [1.54, 1.807) is 12.1 Å². The monoisotopic (exact) mass is 370 g/mol. The molecule has 1 fully saturated rings. The molecule has 2 aromatic rings. The molecule has 1 atom stereocenters. The summed E-state index contributed by atoms with van der Waals surface area (Å²) in [6.45, 7) is 7.06. The first-order valence-corrected chi connectivity index (χ1v) is 9.92. The van der Waals surface area contributed by atoms with Crippen LogP contribution in [0.4, 0.5) is 4.39 Å². The first-order valence-electron chi connectivity index (χ1n) is 9.92. The van der Waals surface area contributed by atoms with E-state index in [2.05, 4.69) is 11.8 Å². The molecule has 0 unspecified atom stereocenters. The molecular formula is C22H27FN2O2. The smallest absolute Gasteiger partial charge is 0.257 e. The van der Waals surface area contributed by atoms with Crippen molar-refractivity contribution in [1.82, 2.24) is 9.80 Å². The van der Waals surface area contributed by atoms with Gasteiger partial charge in [0, 0.05) is 44.2 Å². The summed E-state index contributed by atoms with van der Waals surface area (Å²) >= 11 is 0. The van der Waals surface area contributed by atoms with Gasteiger partial charge in [0.15, 0.2) is 0 Å². The highest BCUT2D eigenvalue weighted by Gasteiger charge is 2.32. The highest BCUT2D eigenvalue weighted by molar-refractivity contribution is 5.97. The molecule has 0 bridgehead atoms. The molecule has 144 valence electrons. The third kappa shape index (κ3) is 3.65. The van der Waals surface area contributed by atoms with Crippen molar-refractivity contribution in [3.05, 3.63) is 58.3 Å². The number of aryl methyl sites for hydroxylation is 1. The number of hydrogen-bond donors (Lipinski definition) is 0. The predicted octanol–water partition coefficient (Wildman–Crippen LogP) is 4.30. The fraction of sp³-hybridized carbons (Fsp3) is 0.500. The average molecular weight is 370 g/mol. The highest BCUT2D eigenvalue weighted by atomic mass is 19.1. The van der Waals surface area contributed by atoms with Gasteiger partial charge in [0.2, 0.25) is 0 Å². The Hall–Kier alpha value is -2.14. The zero-order valence-electron chi connectivity index (χ0n) is 16.1. The van der Waals surface area contributed by atoms with Gasteiger partial charge in [-0.2, -0.15) is 0 Å². The maximum absolute atomic E-state index is 13.5. The first-order chi connectivity index (χ1) is 13.0. The Morgan fingerprint density at radius 2 is 2.15 bits per heavy atom. The van der Waals surface area contributed by atoms with Gasteiger partial charge in [-0.1, -0.05) is 12.1 Å². The second-order valence-corrected chi connectivity index (χ2v) is 7.87. The van der Waals surface area contributed by atoms with Crippen molar-refractivity contribution in [3.8, 4) is 0 Å². The number of benzene rings is 1. The second-order valence-electron chi connectivity index (χ2n) is 7.87. The summed E-state index contributed by atoms with van der Waals surface area (Å²) in [5.41, 5.74) is 2.73. The Bertz CT molecular complexity index is 845. The molecule has 4 rings (SSSR count). The van der Waals surface area contributed by atoms with Crippen molar-refractivity contribution in [2.24, 2.45) is 0 Å². The summed E-state index contributed by atoms with van der Waals surface area (Å²) in [7, 11) is 0. The maximum Gasteiger partial charge on any atom is 0.257 e. The summed E-state index contributed by atoms with van der Waals surface area (Å²) in [6, 6.07) is 7.02. The van der Waals surface area contributed by atoms with Crippen LogP contribution < -0.4 is 0 Å². The van der Waals surface area contributed by atoms with E-state index in [0.717, 1.165) is 60.6 Å². The van der Waals surface area contributed by atoms with Crippen molar-refractivity contribution in [3.63, 3.8) is 0 Å². The normalized spacial score (nSPS) is 20.6. The minimum absolute atomic E-state index is 0.109. The van der Waals surface area contributed by atoms with E-state index < -0.39 is 0 Å². The van der Waals surface area contributed by atoms with E-state index >= 15 is 0 Å². The molecule has 1 aromatic carbocycles. The minimum atomic E-state index is -0.209. The lowest BCUT2D eigenvalue weighted by Crippen LogP contribution is -2.42. The number of piperidine rings is 1. The molecule has 2 aliphatic heterocycles. The fourth-order valence-electron chi connectivity index (χ4n) is 4.43. The number of likely N-dealkylation sites (tertiary alicyclic amines) is 1. The molecule has 0 radical (unpaired) electrons. The molecule has 0 spiro atoms. The fourth-order valence-corrected chi connectivity index (χ4v) is 4.43. The van der Waals surface area contributed by atoms with E-state index in [9.17, 15) is 9.18 Å². The van der Waals surface area contributed by atoms with Crippen LogP contribution in [0.2, 0.25) is 0 Å². The van der Waals surface area contributed by atoms with Crippen molar-refractivity contribution >= 4 is 5.91 Å². The molecule has 5 heteroatoms. The zero-order chi connectivity index (χ0) is 19.0. The summed E-state index contributed by atoms with van der Waals surface area (Å²) in [5.74, 6) is 1.57. The molecular weight excluding hydrogens is 343 g/mol. The third-order valence-corrected chi connectivity index (χ3v) is 5.88. The van der Waals surface area contributed by atoms with Crippen molar-refractivity contribution in [2.45, 2.75) is 58.7 Å². The average Bonchev–Trinajstić information content (AvgIpc) is 2.97. The molecule has 1 saturated heterocycles. The molecule has 1 amide bonds. The quantitative estimate of drug-likeness (QED) is 0.808. The van der Waals surface area contributed by atoms with Crippen LogP contribution in [0.1, 0.15) is 59.2 Å². The highest BCUT2D eigenvalue weighted by Crippen LogP contribution is 2.31. The maximum atomic E-state index is 13.5. The minimum Gasteiger partial charge on any atom is -0.465 e. The number of halogens is 1. The van der Waals surface area contributed by atoms with E-state index in [1.807, 2.05) is 17.9 Å². The standard InChI is InChI=1S/C22H27FN2O2/c1-15-6-3-4-10-25(15)22(26)21-16(2)27-20-9-11-24(14-19(20)21)13-17-7-5-8-18(23)12-17/h5,7-8,12,15H,3-4,6,9-11,13-14H2,1-2H3/t15-/m0/s1. The lowest BCUT2D eigenvalue weighted by molar-refractivity contribution is 0.0631. The number of carbonyl (C=O) groups is 1. The number of hydrogen-bond acceptors (Lipinski definition) is 3. The van der Waals surface area contributed by atoms with Gasteiger partial charge in [-0.15, -0.1) is 0 Å². The predicted molar refractivity (Wildman–Crippen MR) is 102 cm³/mol. The van der Waals surface area contributed by atoms with Gasteiger partial charge >= 0.3 is 0 Å². The van der Waals surface area contributed by atoms with Crippen LogP contribution in [0.5, 0.6) is 0 Å².